The molecule has 3 amide bonds. The van der Waals surface area contributed by atoms with Crippen LogP contribution in [0.3, 0.4) is 0 Å². The van der Waals surface area contributed by atoms with Gasteiger partial charge in [-0.1, -0.05) is 61.3 Å². The number of halogens is 2. The maximum absolute atomic E-state index is 15.4. The fourth-order valence-electron chi connectivity index (χ4n) is 12.6. The van der Waals surface area contributed by atoms with Crippen LogP contribution in [0.25, 0.3) is 0 Å². The first-order chi connectivity index (χ1) is 33.1. The van der Waals surface area contributed by atoms with Crippen molar-refractivity contribution in [3.8, 4) is 0 Å². The summed E-state index contributed by atoms with van der Waals surface area (Å²) in [5, 5.41) is 3.19. The zero-order chi connectivity index (χ0) is 48.6. The number of sulfone groups is 1. The second-order valence-electron chi connectivity index (χ2n) is 22.0. The van der Waals surface area contributed by atoms with E-state index in [1.807, 2.05) is 67.3 Å². The summed E-state index contributed by atoms with van der Waals surface area (Å²) in [7, 11) is -3.49. The number of carbonyl (C=O) groups excluding carboxylic acids is 3. The SMILES string of the molecule is CC(C)[C@H](CS(=O)(=O)C(C)C)N1C(=O)[C@@]2(C=C(N3CCC(CC4CCN(CC5CCN(c6cc(C7CCC(=O)NC7=O)ccn6)CC5)CC4)CC3)C2)C[C@@H](c2cccc(Cl)c2)[C@@H]1c1ccc(Cl)cc1. The van der Waals surface area contributed by atoms with Crippen molar-refractivity contribution in [3.63, 3.8) is 0 Å². The van der Waals surface area contributed by atoms with Crippen molar-refractivity contribution >= 4 is 56.6 Å². The molecule has 6 heterocycles. The number of allylic oxidation sites excluding steroid dienone is 1. The van der Waals surface area contributed by atoms with Gasteiger partial charge in [-0.25, -0.2) is 13.4 Å². The molecule has 69 heavy (non-hydrogen) atoms. The van der Waals surface area contributed by atoms with Gasteiger partial charge in [-0.05, 0) is 168 Å². The number of hydrogen-bond acceptors (Lipinski definition) is 9. The highest BCUT2D eigenvalue weighted by Gasteiger charge is 2.57. The van der Waals surface area contributed by atoms with Crippen LogP contribution in [-0.4, -0.2) is 109 Å². The van der Waals surface area contributed by atoms with Gasteiger partial charge in [0.15, 0.2) is 9.84 Å². The highest BCUT2D eigenvalue weighted by Crippen LogP contribution is 2.58. The molecule has 1 aliphatic carbocycles. The van der Waals surface area contributed by atoms with E-state index in [-0.39, 0.29) is 41.2 Å². The number of likely N-dealkylation sites (tertiary alicyclic amines) is 3. The average Bonchev–Trinajstić information content (AvgIpc) is 3.31. The number of anilines is 1. The van der Waals surface area contributed by atoms with Crippen LogP contribution in [0, 0.1) is 29.1 Å². The number of amides is 3. The number of carbonyl (C=O) groups is 3. The first-order valence-electron chi connectivity index (χ1n) is 25.8. The number of aromatic nitrogens is 1. The summed E-state index contributed by atoms with van der Waals surface area (Å²) in [6, 6.07) is 18.7. The first-order valence-corrected chi connectivity index (χ1v) is 28.3. The van der Waals surface area contributed by atoms with Gasteiger partial charge in [0.25, 0.3) is 0 Å². The molecule has 1 aromatic heterocycles. The average molecular weight is 1000 g/mol. The van der Waals surface area contributed by atoms with Crippen LogP contribution in [0.1, 0.15) is 133 Å². The molecule has 372 valence electrons. The number of rotatable bonds is 14. The summed E-state index contributed by atoms with van der Waals surface area (Å²) < 4.78 is 27.4. The van der Waals surface area contributed by atoms with Gasteiger partial charge < -0.3 is 19.6 Å². The third-order valence-corrected chi connectivity index (χ3v) is 19.6. The Balaban J connectivity index is 0.797. The van der Waals surface area contributed by atoms with Crippen LogP contribution >= 0.6 is 23.2 Å². The van der Waals surface area contributed by atoms with Crippen LogP contribution in [-0.2, 0) is 24.2 Å². The Labute approximate surface area is 420 Å². The third kappa shape index (κ3) is 11.1. The van der Waals surface area contributed by atoms with Crippen molar-refractivity contribution in [2.24, 2.45) is 29.1 Å². The molecule has 3 aromatic rings. The Morgan fingerprint density at radius 3 is 2.04 bits per heavy atom. The van der Waals surface area contributed by atoms with E-state index >= 15 is 4.79 Å². The molecule has 6 aliphatic rings. The quantitative estimate of drug-likeness (QED) is 0.157. The molecule has 5 saturated heterocycles. The minimum Gasteiger partial charge on any atom is -0.375 e. The van der Waals surface area contributed by atoms with Gasteiger partial charge in [-0.15, -0.1) is 0 Å². The maximum Gasteiger partial charge on any atom is 0.234 e. The lowest BCUT2D eigenvalue weighted by Gasteiger charge is -2.56. The normalized spacial score (nSPS) is 26.4. The molecule has 2 aromatic carbocycles. The molecule has 1 unspecified atom stereocenters. The Morgan fingerprint density at radius 1 is 0.754 bits per heavy atom. The van der Waals surface area contributed by atoms with E-state index in [4.69, 9.17) is 23.2 Å². The molecule has 1 N–H and O–H groups in total. The van der Waals surface area contributed by atoms with Gasteiger partial charge in [-0.3, -0.25) is 19.7 Å². The van der Waals surface area contributed by atoms with E-state index in [9.17, 15) is 18.0 Å². The predicted octanol–water partition coefficient (Wildman–Crippen LogP) is 9.82. The fraction of sp³-hybridized carbons (Fsp3) is 0.600. The van der Waals surface area contributed by atoms with E-state index in [0.717, 1.165) is 74.0 Å². The number of benzene rings is 2. The van der Waals surface area contributed by atoms with E-state index in [2.05, 4.69) is 43.2 Å². The number of nitrogens with zero attached hydrogens (tertiary/aromatic N) is 5. The molecule has 0 saturated carbocycles. The number of hydrogen-bond donors (Lipinski definition) is 1. The lowest BCUT2D eigenvalue weighted by atomic mass is 9.60. The van der Waals surface area contributed by atoms with Gasteiger partial charge in [0, 0.05) is 79.5 Å². The molecule has 9 rings (SSSR count). The van der Waals surface area contributed by atoms with Gasteiger partial charge in [0.1, 0.15) is 5.82 Å². The van der Waals surface area contributed by atoms with Gasteiger partial charge >= 0.3 is 0 Å². The summed E-state index contributed by atoms with van der Waals surface area (Å²) in [4.78, 5) is 53.8. The van der Waals surface area contributed by atoms with E-state index < -0.39 is 32.6 Å². The van der Waals surface area contributed by atoms with Crippen molar-refractivity contribution in [1.29, 1.82) is 0 Å². The number of pyridine rings is 1. The number of nitrogens with one attached hydrogen (secondary N) is 1. The monoisotopic (exact) mass is 998 g/mol. The van der Waals surface area contributed by atoms with Gasteiger partial charge in [-0.2, -0.15) is 0 Å². The molecule has 1 spiro atoms. The summed E-state index contributed by atoms with van der Waals surface area (Å²) in [6.45, 7) is 15.0. The first kappa shape index (κ1) is 50.0. The third-order valence-electron chi connectivity index (χ3n) is 16.9. The maximum atomic E-state index is 15.4. The van der Waals surface area contributed by atoms with E-state index in [1.54, 1.807) is 20.0 Å². The smallest absolute Gasteiger partial charge is 0.234 e. The molecule has 5 aliphatic heterocycles. The molecule has 5 atom stereocenters. The van der Waals surface area contributed by atoms with Crippen LogP contribution < -0.4 is 10.2 Å². The highest BCUT2D eigenvalue weighted by atomic mass is 35.5. The van der Waals surface area contributed by atoms with Crippen molar-refractivity contribution in [1.82, 2.24) is 25.0 Å². The largest absolute Gasteiger partial charge is 0.375 e. The van der Waals surface area contributed by atoms with Gasteiger partial charge in [0.2, 0.25) is 17.7 Å². The zero-order valence-electron chi connectivity index (χ0n) is 41.0. The van der Waals surface area contributed by atoms with Crippen molar-refractivity contribution < 1.29 is 22.8 Å². The Kier molecular flexibility index (Phi) is 15.2. The topological polar surface area (TPSA) is 123 Å². The fourth-order valence-corrected chi connectivity index (χ4v) is 14.3. The molecular formula is C55H72Cl2N6O5S. The van der Waals surface area contributed by atoms with Crippen molar-refractivity contribution in [2.75, 3.05) is 56.5 Å². The lowest BCUT2D eigenvalue weighted by Crippen LogP contribution is -2.61. The number of piperidine rings is 5. The molecule has 14 heteroatoms. The Bertz CT molecular complexity index is 2480. The molecule has 0 radical (unpaired) electrons. The highest BCUT2D eigenvalue weighted by molar-refractivity contribution is 7.92. The molecule has 5 fully saturated rings. The second-order valence-corrected chi connectivity index (χ2v) is 25.5. The Morgan fingerprint density at radius 2 is 1.41 bits per heavy atom. The van der Waals surface area contributed by atoms with Crippen molar-refractivity contribution in [2.45, 2.75) is 127 Å². The van der Waals surface area contributed by atoms with Crippen LogP contribution in [0.4, 0.5) is 5.82 Å². The zero-order valence-corrected chi connectivity index (χ0v) is 43.3. The van der Waals surface area contributed by atoms with Gasteiger partial charge in [0.05, 0.1) is 28.4 Å². The number of imide groups is 1. The molecular weight excluding hydrogens is 928 g/mol. The summed E-state index contributed by atoms with van der Waals surface area (Å²) >= 11 is 13.1. The van der Waals surface area contributed by atoms with Crippen LogP contribution in [0.2, 0.25) is 10.0 Å². The van der Waals surface area contributed by atoms with E-state index in [1.165, 1.54) is 50.9 Å². The van der Waals surface area contributed by atoms with Crippen molar-refractivity contribution in [3.05, 3.63) is 105 Å². The Hall–Kier alpha value is -3.97. The standard InChI is InChI=1S/C55H72Cl2N6O5S/c1-36(2)49(35-69(67,68)37(3)4)63-52(41-8-10-44(56)11-9-41)48(42-6-5-7-45(57)29-42)33-55(54(63)66)31-46(32-55)61-24-17-39(18-25-61)28-38-15-22-60(23-16-38)34-40-19-26-62(27-20-40)50-30-43(14-21-58-50)47-12-13-51(64)59-53(47)65/h5-11,14,21,29-31,36-40,47-49,52H,12-13,15-20,22-28,32-35H2,1-4H3,(H,59,64,65)/t47?,48-,49-,52-,55+/m0/s1. The second kappa shape index (κ2) is 21.0. The minimum absolute atomic E-state index is 0.0282. The summed E-state index contributed by atoms with van der Waals surface area (Å²) in [5.74, 6) is 2.13. The van der Waals surface area contributed by atoms with Crippen LogP contribution in [0.5, 0.6) is 0 Å². The predicted molar refractivity (Wildman–Crippen MR) is 275 cm³/mol. The van der Waals surface area contributed by atoms with E-state index in [0.29, 0.717) is 47.6 Å². The minimum atomic E-state index is -3.49. The molecule has 11 nitrogen and oxygen atoms in total. The summed E-state index contributed by atoms with van der Waals surface area (Å²) in [6.07, 6.45) is 14.7. The lowest BCUT2D eigenvalue weighted by molar-refractivity contribution is -0.155. The van der Waals surface area contributed by atoms with Crippen LogP contribution in [0.15, 0.2) is 78.6 Å². The molecule has 0 bridgehead atoms. The summed E-state index contributed by atoms with van der Waals surface area (Å²) in [5.41, 5.74) is 3.46.